The van der Waals surface area contributed by atoms with Crippen molar-refractivity contribution in [2.45, 2.75) is 367 Å². The minimum absolute atomic E-state index is 0.0835. The van der Waals surface area contributed by atoms with Gasteiger partial charge in [0, 0.05) is 25.7 Å². The molecule has 0 saturated carbocycles. The Morgan fingerprint density at radius 2 is 0.500 bits per heavy atom. The van der Waals surface area contributed by atoms with Crippen LogP contribution in [0.15, 0.2) is 72.9 Å². The van der Waals surface area contributed by atoms with E-state index in [1.54, 1.807) is 0 Å². The quantitative estimate of drug-likeness (QED) is 0.0128. The lowest BCUT2D eigenvalue weighted by Crippen LogP contribution is -2.30. The third-order valence-electron chi connectivity index (χ3n) is 16.7. The van der Waals surface area contributed by atoms with Crippen molar-refractivity contribution in [1.82, 2.24) is 0 Å². The van der Waals surface area contributed by atoms with E-state index in [2.05, 4.69) is 101 Å². The molecule has 2 unspecified atom stereocenters. The average Bonchev–Trinajstić information content (AvgIpc) is 0.959. The van der Waals surface area contributed by atoms with Gasteiger partial charge >= 0.3 is 39.5 Å². The van der Waals surface area contributed by atoms with Crippen molar-refractivity contribution < 1.29 is 80.2 Å². The van der Waals surface area contributed by atoms with Gasteiger partial charge in [-0.05, 0) is 128 Å². The van der Waals surface area contributed by atoms with E-state index in [-0.39, 0.29) is 25.7 Å². The summed E-state index contributed by atoms with van der Waals surface area (Å²) >= 11 is 0. The van der Waals surface area contributed by atoms with E-state index in [4.69, 9.17) is 37.0 Å². The molecule has 0 aromatic carbocycles. The third kappa shape index (κ3) is 70.9. The van der Waals surface area contributed by atoms with Gasteiger partial charge in [-0.1, -0.05) is 268 Å². The lowest BCUT2D eigenvalue weighted by Gasteiger charge is -2.21. The van der Waals surface area contributed by atoms with E-state index >= 15 is 0 Å². The molecule has 3 N–H and O–H groups in total. The molecule has 0 saturated heterocycles. The van der Waals surface area contributed by atoms with E-state index in [9.17, 15) is 43.2 Å². The van der Waals surface area contributed by atoms with Crippen molar-refractivity contribution in [3.63, 3.8) is 0 Å². The number of ether oxygens (including phenoxy) is 4. The number of carbonyl (C=O) groups excluding carboxylic acids is 4. The molecule has 0 aromatic heterocycles. The van der Waals surface area contributed by atoms with Crippen LogP contribution in [0.5, 0.6) is 0 Å². The summed E-state index contributed by atoms with van der Waals surface area (Å²) in [5.41, 5.74) is 0. The minimum Gasteiger partial charge on any atom is -0.462 e. The molecule has 17 nitrogen and oxygen atoms in total. The van der Waals surface area contributed by atoms with Crippen LogP contribution in [0, 0.1) is 0 Å². The van der Waals surface area contributed by atoms with E-state index in [1.807, 2.05) is 0 Å². The Morgan fingerprint density at radius 1 is 0.286 bits per heavy atom. The zero-order valence-corrected chi connectivity index (χ0v) is 64.0. The first-order valence-electron chi connectivity index (χ1n) is 39.2. The zero-order valence-electron chi connectivity index (χ0n) is 62.2. The van der Waals surface area contributed by atoms with Gasteiger partial charge in [0.2, 0.25) is 0 Å². The second kappa shape index (κ2) is 71.9. The third-order valence-corrected chi connectivity index (χ3v) is 18.6. The van der Waals surface area contributed by atoms with Gasteiger partial charge in [-0.25, -0.2) is 9.13 Å². The molecule has 0 amide bonds. The number of rotatable bonds is 74. The van der Waals surface area contributed by atoms with Crippen LogP contribution < -0.4 is 0 Å². The summed E-state index contributed by atoms with van der Waals surface area (Å²) in [5.74, 6) is -2.21. The predicted octanol–water partition coefficient (Wildman–Crippen LogP) is 22.4. The highest BCUT2D eigenvalue weighted by molar-refractivity contribution is 7.47. The Balaban J connectivity index is 5.36. The fourth-order valence-corrected chi connectivity index (χ4v) is 12.2. The van der Waals surface area contributed by atoms with Crippen LogP contribution in [0.25, 0.3) is 0 Å². The summed E-state index contributed by atoms with van der Waals surface area (Å²) in [7, 11) is -9.95. The number of hydrogen-bond donors (Lipinski definition) is 3. The molecule has 0 rings (SSSR count). The molecule has 0 bridgehead atoms. The standard InChI is InChI=1S/C79H142O17P2/c1-5-9-13-17-21-25-29-33-36-40-43-47-51-55-59-63-76(81)89-69-74(95-78(83)65-61-57-53-49-45-39-32-28-24-20-16-12-8-4)71-93-97(85,86)91-67-73(80)68-92-98(87,88)94-72-75(96-79(84)66-62-58-54-50-46-42-38-35-31-27-23-19-15-11-7-3)70-90-77(82)64-60-56-52-48-44-41-37-34-30-26-22-18-14-10-6-2/h25-26,28-30,32-38,73-75,80H,5-24,27,31,39-72H2,1-4H3,(H,85,86)(H,87,88)/b29-25-,30-26-,32-28-,36-33-,37-34-,38-35-/t73-,74-,75-/m1/s1. The molecule has 0 aromatic rings. The molecule has 0 aliphatic rings. The minimum atomic E-state index is -4.98. The fourth-order valence-electron chi connectivity index (χ4n) is 10.6. The van der Waals surface area contributed by atoms with E-state index < -0.39 is 97.5 Å². The number of aliphatic hydroxyl groups is 1. The average molecular weight is 1430 g/mol. The van der Waals surface area contributed by atoms with Crippen molar-refractivity contribution in [3.05, 3.63) is 72.9 Å². The number of allylic oxidation sites excluding steroid dienone is 12. The molecule has 5 atom stereocenters. The van der Waals surface area contributed by atoms with Gasteiger partial charge in [0.15, 0.2) is 12.2 Å². The SMILES string of the molecule is CCCCCC/C=C\C=C/CCCCCCCC(=O)OC[C@H](COP(=O)(O)OC[C@@H](O)COP(=O)(O)OC[C@@H](COC(=O)CCCCCCC/C=C\C=C/CCCCCC)OC(=O)CCCCCCC/C=C\CCCCCCCC)OC(=O)CCCCCCC/C=C\CCCCCC. The molecule has 0 heterocycles. The lowest BCUT2D eigenvalue weighted by molar-refractivity contribution is -0.161. The highest BCUT2D eigenvalue weighted by atomic mass is 31.2. The van der Waals surface area contributed by atoms with Crippen molar-refractivity contribution >= 4 is 39.5 Å². The number of carbonyl (C=O) groups is 4. The molecule has 0 aliphatic heterocycles. The normalized spacial score (nSPS) is 14.3. The molecular formula is C79H142O17P2. The molecule has 570 valence electrons. The van der Waals surface area contributed by atoms with Gasteiger partial charge in [-0.2, -0.15) is 0 Å². The smallest absolute Gasteiger partial charge is 0.462 e. The van der Waals surface area contributed by atoms with Crippen LogP contribution in [0.1, 0.15) is 349 Å². The highest BCUT2D eigenvalue weighted by Gasteiger charge is 2.30. The summed E-state index contributed by atoms with van der Waals surface area (Å²) in [6, 6.07) is 0. The van der Waals surface area contributed by atoms with Gasteiger partial charge < -0.3 is 33.8 Å². The molecule has 0 radical (unpaired) electrons. The first kappa shape index (κ1) is 94.5. The molecule has 0 aliphatic carbocycles. The Labute approximate surface area is 596 Å². The van der Waals surface area contributed by atoms with Crippen LogP contribution >= 0.6 is 15.6 Å². The van der Waals surface area contributed by atoms with Gasteiger partial charge in [0.1, 0.15) is 19.3 Å². The van der Waals surface area contributed by atoms with Crippen LogP contribution in [0.3, 0.4) is 0 Å². The zero-order chi connectivity index (χ0) is 71.8. The first-order chi connectivity index (χ1) is 47.7. The van der Waals surface area contributed by atoms with Crippen molar-refractivity contribution in [2.24, 2.45) is 0 Å². The maximum atomic E-state index is 13.1. The van der Waals surface area contributed by atoms with Gasteiger partial charge in [-0.15, -0.1) is 0 Å². The molecule has 19 heteroatoms. The summed E-state index contributed by atoms with van der Waals surface area (Å²) in [6.45, 7) is 4.80. The van der Waals surface area contributed by atoms with E-state index in [0.29, 0.717) is 25.7 Å². The summed E-state index contributed by atoms with van der Waals surface area (Å²) in [5, 5.41) is 10.6. The van der Waals surface area contributed by atoms with Crippen LogP contribution in [-0.4, -0.2) is 96.7 Å². The Bertz CT molecular complexity index is 2140. The number of aliphatic hydroxyl groups excluding tert-OH is 1. The number of hydrogen-bond acceptors (Lipinski definition) is 15. The Morgan fingerprint density at radius 3 is 0.776 bits per heavy atom. The molecule has 98 heavy (non-hydrogen) atoms. The summed E-state index contributed by atoms with van der Waals surface area (Å²) < 4.78 is 68.5. The predicted molar refractivity (Wildman–Crippen MR) is 400 cm³/mol. The summed E-state index contributed by atoms with van der Waals surface area (Å²) in [4.78, 5) is 72.9. The van der Waals surface area contributed by atoms with Crippen LogP contribution in [0.4, 0.5) is 0 Å². The number of phosphoric acid groups is 2. The number of unbranched alkanes of at least 4 members (excludes halogenated alkanes) is 38. The summed E-state index contributed by atoms with van der Waals surface area (Å²) in [6.07, 6.45) is 71.6. The maximum Gasteiger partial charge on any atom is 0.472 e. The highest BCUT2D eigenvalue weighted by Crippen LogP contribution is 2.45. The number of phosphoric ester groups is 2. The fraction of sp³-hybridized carbons (Fsp3) is 0.797. The van der Waals surface area contributed by atoms with Crippen molar-refractivity contribution in [3.8, 4) is 0 Å². The topological polar surface area (TPSA) is 237 Å². The monoisotopic (exact) mass is 1420 g/mol. The van der Waals surface area contributed by atoms with E-state index in [0.717, 1.165) is 154 Å². The second-order valence-electron chi connectivity index (χ2n) is 26.3. The molecule has 0 spiro atoms. The van der Waals surface area contributed by atoms with Gasteiger partial charge in [0.05, 0.1) is 26.4 Å². The van der Waals surface area contributed by atoms with Crippen LogP contribution in [-0.2, 0) is 65.4 Å². The van der Waals surface area contributed by atoms with E-state index in [1.165, 1.54) is 116 Å². The maximum absolute atomic E-state index is 13.1. The Hall–Kier alpha value is -3.50. The lowest BCUT2D eigenvalue weighted by atomic mass is 10.1. The largest absolute Gasteiger partial charge is 0.472 e. The Kier molecular flexibility index (Phi) is 69.3. The van der Waals surface area contributed by atoms with Crippen LogP contribution in [0.2, 0.25) is 0 Å². The van der Waals surface area contributed by atoms with Crippen molar-refractivity contribution in [1.29, 1.82) is 0 Å². The van der Waals surface area contributed by atoms with Gasteiger partial charge in [-0.3, -0.25) is 37.3 Å². The van der Waals surface area contributed by atoms with Crippen molar-refractivity contribution in [2.75, 3.05) is 39.6 Å². The van der Waals surface area contributed by atoms with Gasteiger partial charge in [0.25, 0.3) is 0 Å². The molecular weight excluding hydrogens is 1280 g/mol. The second-order valence-corrected chi connectivity index (χ2v) is 29.3. The first-order valence-corrected chi connectivity index (χ1v) is 42.2. The number of esters is 4. The molecule has 0 fully saturated rings.